The fraction of sp³-hybridized carbons (Fsp3) is 0.316. The predicted molar refractivity (Wildman–Crippen MR) is 86.3 cm³/mol. The van der Waals surface area contributed by atoms with E-state index in [1.165, 1.54) is 5.56 Å². The van der Waals surface area contributed by atoms with Crippen LogP contribution in [0.15, 0.2) is 54.6 Å². The maximum atomic E-state index is 8.89. The minimum atomic E-state index is 0.0765. The molecule has 0 N–H and O–H groups in total. The highest BCUT2D eigenvalue weighted by Crippen LogP contribution is 2.28. The van der Waals surface area contributed by atoms with Gasteiger partial charge in [0.25, 0.3) is 0 Å². The van der Waals surface area contributed by atoms with Crippen molar-refractivity contribution in [2.24, 2.45) is 0 Å². The van der Waals surface area contributed by atoms with E-state index in [0.29, 0.717) is 11.6 Å². The van der Waals surface area contributed by atoms with Crippen LogP contribution in [0.4, 0.5) is 0 Å². The van der Waals surface area contributed by atoms with Crippen molar-refractivity contribution in [1.82, 2.24) is 4.90 Å². The molecule has 1 fully saturated rings. The normalized spacial score (nSPS) is 20.3. The summed E-state index contributed by atoms with van der Waals surface area (Å²) in [5.41, 5.74) is 3.17. The third kappa shape index (κ3) is 3.19. The molecule has 2 atom stereocenters. The second kappa shape index (κ2) is 6.74. The Morgan fingerprint density at radius 1 is 1.14 bits per heavy atom. The first kappa shape index (κ1) is 14.8. The Balaban J connectivity index is 1.72. The minimum Gasteiger partial charge on any atom is -0.371 e. The van der Waals surface area contributed by atoms with Crippen molar-refractivity contribution < 1.29 is 4.74 Å². The molecule has 2 aromatic carbocycles. The molecule has 0 amide bonds. The Morgan fingerprint density at radius 2 is 1.86 bits per heavy atom. The van der Waals surface area contributed by atoms with Crippen molar-refractivity contribution in [1.29, 1.82) is 5.26 Å². The van der Waals surface area contributed by atoms with Crippen molar-refractivity contribution in [3.63, 3.8) is 0 Å². The number of nitriles is 1. The van der Waals surface area contributed by atoms with Gasteiger partial charge >= 0.3 is 0 Å². The number of hydrogen-bond acceptors (Lipinski definition) is 3. The highest BCUT2D eigenvalue weighted by Gasteiger charge is 2.25. The van der Waals surface area contributed by atoms with Gasteiger partial charge in [-0.25, -0.2) is 0 Å². The lowest BCUT2D eigenvalue weighted by atomic mass is 10.0. The molecule has 2 aromatic rings. The SMILES string of the molecule is CC(c1ccccc1)N1CCOC(c2ccc(C#N)cc2)C1. The highest BCUT2D eigenvalue weighted by molar-refractivity contribution is 5.32. The molecule has 3 heteroatoms. The first-order valence-electron chi connectivity index (χ1n) is 7.68. The summed E-state index contributed by atoms with van der Waals surface area (Å²) in [4.78, 5) is 2.46. The van der Waals surface area contributed by atoms with E-state index in [1.807, 2.05) is 24.3 Å². The molecule has 112 valence electrons. The Labute approximate surface area is 131 Å². The van der Waals surface area contributed by atoms with E-state index in [1.54, 1.807) is 0 Å². The molecular formula is C19H20N2O. The molecule has 1 aliphatic rings. The molecule has 0 aromatic heterocycles. The monoisotopic (exact) mass is 292 g/mol. The molecule has 22 heavy (non-hydrogen) atoms. The minimum absolute atomic E-state index is 0.0765. The van der Waals surface area contributed by atoms with Crippen LogP contribution in [-0.2, 0) is 4.74 Å². The molecule has 0 bridgehead atoms. The van der Waals surface area contributed by atoms with Crippen LogP contribution in [0, 0.1) is 11.3 Å². The molecule has 3 rings (SSSR count). The molecule has 1 heterocycles. The van der Waals surface area contributed by atoms with E-state index < -0.39 is 0 Å². The van der Waals surface area contributed by atoms with Gasteiger partial charge in [-0.1, -0.05) is 42.5 Å². The summed E-state index contributed by atoms with van der Waals surface area (Å²) >= 11 is 0. The highest BCUT2D eigenvalue weighted by atomic mass is 16.5. The standard InChI is InChI=1S/C19H20N2O/c1-15(17-5-3-2-4-6-17)21-11-12-22-19(14-21)18-9-7-16(13-20)8-10-18/h2-10,15,19H,11-12,14H2,1H3. The van der Waals surface area contributed by atoms with Crippen molar-refractivity contribution in [3.05, 3.63) is 71.3 Å². The van der Waals surface area contributed by atoms with E-state index >= 15 is 0 Å². The van der Waals surface area contributed by atoms with Gasteiger partial charge in [0, 0.05) is 19.1 Å². The van der Waals surface area contributed by atoms with Gasteiger partial charge in [0.05, 0.1) is 24.3 Å². The lowest BCUT2D eigenvalue weighted by Gasteiger charge is -2.37. The summed E-state index contributed by atoms with van der Waals surface area (Å²) in [5, 5.41) is 8.89. The number of nitrogens with zero attached hydrogens (tertiary/aromatic N) is 2. The number of rotatable bonds is 3. The third-order valence-corrected chi connectivity index (χ3v) is 4.34. The smallest absolute Gasteiger partial charge is 0.0991 e. The van der Waals surface area contributed by atoms with Crippen LogP contribution in [-0.4, -0.2) is 24.6 Å². The van der Waals surface area contributed by atoms with Crippen LogP contribution >= 0.6 is 0 Å². The Bertz CT molecular complexity index is 645. The molecule has 0 saturated carbocycles. The molecule has 0 radical (unpaired) electrons. The van der Waals surface area contributed by atoms with Crippen molar-refractivity contribution in [2.45, 2.75) is 19.1 Å². The molecule has 1 saturated heterocycles. The second-order valence-electron chi connectivity index (χ2n) is 5.67. The Hall–Kier alpha value is -2.15. The van der Waals surface area contributed by atoms with Gasteiger partial charge in [-0.3, -0.25) is 4.90 Å². The summed E-state index contributed by atoms with van der Waals surface area (Å²) in [7, 11) is 0. The first-order chi connectivity index (χ1) is 10.8. The second-order valence-corrected chi connectivity index (χ2v) is 5.67. The van der Waals surface area contributed by atoms with Crippen LogP contribution in [0.2, 0.25) is 0 Å². The zero-order chi connectivity index (χ0) is 15.4. The van der Waals surface area contributed by atoms with E-state index in [9.17, 15) is 0 Å². The summed E-state index contributed by atoms with van der Waals surface area (Å²) in [5.74, 6) is 0. The van der Waals surface area contributed by atoms with Crippen LogP contribution in [0.3, 0.4) is 0 Å². The Morgan fingerprint density at radius 3 is 2.55 bits per heavy atom. The molecule has 2 unspecified atom stereocenters. The van der Waals surface area contributed by atoms with Gasteiger partial charge in [0.1, 0.15) is 0 Å². The maximum Gasteiger partial charge on any atom is 0.0991 e. The first-order valence-corrected chi connectivity index (χ1v) is 7.68. The third-order valence-electron chi connectivity index (χ3n) is 4.34. The summed E-state index contributed by atoms with van der Waals surface area (Å²) in [6.07, 6.45) is 0.0765. The van der Waals surface area contributed by atoms with Crippen LogP contribution in [0.25, 0.3) is 0 Å². The molecule has 0 spiro atoms. The van der Waals surface area contributed by atoms with Gasteiger partial charge in [0.15, 0.2) is 0 Å². The van der Waals surface area contributed by atoms with Crippen LogP contribution in [0.5, 0.6) is 0 Å². The molecule has 3 nitrogen and oxygen atoms in total. The summed E-state index contributed by atoms with van der Waals surface area (Å²) < 4.78 is 5.93. The summed E-state index contributed by atoms with van der Waals surface area (Å²) in [6.45, 7) is 4.81. The van der Waals surface area contributed by atoms with E-state index in [0.717, 1.165) is 25.3 Å². The van der Waals surface area contributed by atoms with Crippen molar-refractivity contribution in [2.75, 3.05) is 19.7 Å². The van der Waals surface area contributed by atoms with E-state index in [4.69, 9.17) is 10.00 Å². The number of morpholine rings is 1. The molecular weight excluding hydrogens is 272 g/mol. The van der Waals surface area contributed by atoms with Gasteiger partial charge in [-0.15, -0.1) is 0 Å². The largest absolute Gasteiger partial charge is 0.371 e. The van der Waals surface area contributed by atoms with E-state index in [-0.39, 0.29) is 6.10 Å². The average Bonchev–Trinajstić information content (AvgIpc) is 2.62. The van der Waals surface area contributed by atoms with Crippen LogP contribution < -0.4 is 0 Å². The fourth-order valence-corrected chi connectivity index (χ4v) is 2.94. The maximum absolute atomic E-state index is 8.89. The van der Waals surface area contributed by atoms with Gasteiger partial charge in [0.2, 0.25) is 0 Å². The molecule has 1 aliphatic heterocycles. The van der Waals surface area contributed by atoms with E-state index in [2.05, 4.69) is 48.2 Å². The van der Waals surface area contributed by atoms with Crippen molar-refractivity contribution in [3.8, 4) is 6.07 Å². The van der Waals surface area contributed by atoms with Crippen molar-refractivity contribution >= 4 is 0 Å². The fourth-order valence-electron chi connectivity index (χ4n) is 2.94. The quantitative estimate of drug-likeness (QED) is 0.865. The predicted octanol–water partition coefficient (Wildman–Crippen LogP) is 3.69. The average molecular weight is 292 g/mol. The number of hydrogen-bond donors (Lipinski definition) is 0. The zero-order valence-corrected chi connectivity index (χ0v) is 12.8. The van der Waals surface area contributed by atoms with Gasteiger partial charge < -0.3 is 4.74 Å². The van der Waals surface area contributed by atoms with Crippen LogP contribution in [0.1, 0.15) is 35.8 Å². The van der Waals surface area contributed by atoms with Gasteiger partial charge in [-0.2, -0.15) is 5.26 Å². The zero-order valence-electron chi connectivity index (χ0n) is 12.8. The molecule has 0 aliphatic carbocycles. The lowest BCUT2D eigenvalue weighted by Crippen LogP contribution is -2.39. The van der Waals surface area contributed by atoms with Gasteiger partial charge in [-0.05, 0) is 30.2 Å². The lowest BCUT2D eigenvalue weighted by molar-refractivity contribution is -0.0431. The topological polar surface area (TPSA) is 36.3 Å². The summed E-state index contributed by atoms with van der Waals surface area (Å²) in [6, 6.07) is 20.8. The Kier molecular flexibility index (Phi) is 4.53. The number of ether oxygens (including phenoxy) is 1. The number of benzene rings is 2.